The van der Waals surface area contributed by atoms with Crippen molar-refractivity contribution in [3.05, 3.63) is 82.7 Å². The van der Waals surface area contributed by atoms with Gasteiger partial charge in [-0.25, -0.2) is 4.79 Å². The van der Waals surface area contributed by atoms with Gasteiger partial charge in [-0.3, -0.25) is 4.68 Å². The van der Waals surface area contributed by atoms with Crippen LogP contribution in [0.15, 0.2) is 54.9 Å². The van der Waals surface area contributed by atoms with Crippen LogP contribution in [0.1, 0.15) is 27.8 Å². The summed E-state index contributed by atoms with van der Waals surface area (Å²) in [4.78, 5) is 11.3. The van der Waals surface area contributed by atoms with Gasteiger partial charge < -0.3 is 14.8 Å². The van der Waals surface area contributed by atoms with Gasteiger partial charge in [-0.2, -0.15) is 5.10 Å². The second-order valence-corrected chi connectivity index (χ2v) is 7.00. The summed E-state index contributed by atoms with van der Waals surface area (Å²) in [5.74, 6) is 0.354. The van der Waals surface area contributed by atoms with E-state index in [-0.39, 0.29) is 12.6 Å². The Balaban J connectivity index is 1.60. The summed E-state index contributed by atoms with van der Waals surface area (Å²) in [6.07, 6.45) is 3.77. The molecule has 3 aromatic rings. The molecule has 0 fully saturated rings. The number of aromatic nitrogens is 2. The Hall–Kier alpha value is -3.12. The van der Waals surface area contributed by atoms with Gasteiger partial charge in [0.15, 0.2) is 6.61 Å². The quantitative estimate of drug-likeness (QED) is 0.565. The molecular formula is C23H27N3O3. The molecule has 1 heterocycles. The Morgan fingerprint density at radius 3 is 2.45 bits per heavy atom. The van der Waals surface area contributed by atoms with E-state index in [0.29, 0.717) is 0 Å². The minimum atomic E-state index is -0.386. The molecule has 0 bridgehead atoms. The van der Waals surface area contributed by atoms with E-state index in [4.69, 9.17) is 4.74 Å². The topological polar surface area (TPSA) is 65.4 Å². The van der Waals surface area contributed by atoms with Crippen LogP contribution in [0.3, 0.4) is 0 Å². The molecule has 0 aliphatic rings. The Bertz CT molecular complexity index is 929. The van der Waals surface area contributed by atoms with Crippen LogP contribution in [-0.4, -0.2) is 29.5 Å². The molecule has 1 aromatic heterocycles. The molecule has 0 spiro atoms. The maximum atomic E-state index is 11.3. The van der Waals surface area contributed by atoms with Crippen molar-refractivity contribution < 1.29 is 14.3 Å². The molecule has 1 N–H and O–H groups in total. The first kappa shape index (κ1) is 20.6. The maximum absolute atomic E-state index is 11.3. The highest BCUT2D eigenvalue weighted by Crippen LogP contribution is 2.25. The molecule has 3 rings (SSSR count). The van der Waals surface area contributed by atoms with Crippen molar-refractivity contribution in [3.63, 3.8) is 0 Å². The van der Waals surface area contributed by atoms with Crippen LogP contribution in [0.5, 0.6) is 5.75 Å². The summed E-state index contributed by atoms with van der Waals surface area (Å²) >= 11 is 0. The zero-order chi connectivity index (χ0) is 20.6. The monoisotopic (exact) mass is 393 g/mol. The molecule has 6 nitrogen and oxygen atoms in total. The van der Waals surface area contributed by atoms with Crippen molar-refractivity contribution in [3.8, 4) is 5.75 Å². The molecule has 2 aromatic carbocycles. The zero-order valence-electron chi connectivity index (χ0n) is 17.1. The van der Waals surface area contributed by atoms with E-state index in [9.17, 15) is 4.79 Å². The first-order valence-corrected chi connectivity index (χ1v) is 9.61. The molecule has 0 saturated carbocycles. The van der Waals surface area contributed by atoms with Gasteiger partial charge in [0, 0.05) is 25.5 Å². The van der Waals surface area contributed by atoms with E-state index in [0.717, 1.165) is 36.5 Å². The lowest BCUT2D eigenvalue weighted by molar-refractivity contribution is -0.142. The number of carbonyl (C=O) groups is 1. The Labute approximate surface area is 171 Å². The molecule has 152 valence electrons. The van der Waals surface area contributed by atoms with E-state index < -0.39 is 0 Å². The first-order chi connectivity index (χ1) is 14.1. The third kappa shape index (κ3) is 5.68. The largest absolute Gasteiger partial charge is 0.481 e. The molecule has 29 heavy (non-hydrogen) atoms. The molecule has 0 saturated heterocycles. The number of carbonyl (C=O) groups excluding carboxylic acids is 1. The van der Waals surface area contributed by atoms with E-state index in [1.807, 2.05) is 30.8 Å². The van der Waals surface area contributed by atoms with Crippen LogP contribution in [0.4, 0.5) is 0 Å². The van der Waals surface area contributed by atoms with E-state index in [1.165, 1.54) is 23.8 Å². The lowest BCUT2D eigenvalue weighted by Crippen LogP contribution is -2.16. The Morgan fingerprint density at radius 1 is 1.07 bits per heavy atom. The Kier molecular flexibility index (Phi) is 7.03. The number of esters is 1. The van der Waals surface area contributed by atoms with Gasteiger partial charge in [0.05, 0.1) is 13.7 Å². The fourth-order valence-electron chi connectivity index (χ4n) is 3.35. The van der Waals surface area contributed by atoms with Crippen LogP contribution < -0.4 is 10.1 Å². The van der Waals surface area contributed by atoms with Crippen LogP contribution >= 0.6 is 0 Å². The van der Waals surface area contributed by atoms with Crippen molar-refractivity contribution in [2.24, 2.45) is 0 Å². The summed E-state index contributed by atoms with van der Waals surface area (Å²) in [6, 6.07) is 14.5. The summed E-state index contributed by atoms with van der Waals surface area (Å²) in [7, 11) is 1.35. The highest BCUT2D eigenvalue weighted by atomic mass is 16.6. The normalized spacial score (nSPS) is 10.7. The van der Waals surface area contributed by atoms with Gasteiger partial charge in [-0.05, 0) is 47.7 Å². The third-order valence-electron chi connectivity index (χ3n) is 4.74. The summed E-state index contributed by atoms with van der Waals surface area (Å²) in [5.41, 5.74) is 5.70. The second-order valence-electron chi connectivity index (χ2n) is 7.00. The van der Waals surface area contributed by atoms with Gasteiger partial charge in [0.25, 0.3) is 0 Å². The number of benzene rings is 2. The number of rotatable bonds is 9. The lowest BCUT2D eigenvalue weighted by atomic mass is 10.0. The highest BCUT2D eigenvalue weighted by Gasteiger charge is 2.10. The van der Waals surface area contributed by atoms with Gasteiger partial charge in [0.2, 0.25) is 0 Å². The maximum Gasteiger partial charge on any atom is 0.343 e. The standard InChI is InChI=1S/C23H27N3O3/c1-17-11-19(12-18(2)23(17)29-16-22(27)28-3)13-24-14-20-7-4-5-8-21(20)15-26-10-6-9-25-26/h4-12,24H,13-16H2,1-3H3. The number of nitrogens with zero attached hydrogens (tertiary/aromatic N) is 2. The SMILES string of the molecule is COC(=O)COc1c(C)cc(CNCc2ccccc2Cn2cccn2)cc1C. The van der Waals surface area contributed by atoms with E-state index in [1.54, 1.807) is 6.20 Å². The predicted octanol–water partition coefficient (Wildman–Crippen LogP) is 3.39. The molecule has 0 amide bonds. The van der Waals surface area contributed by atoms with Crippen molar-refractivity contribution in [2.75, 3.05) is 13.7 Å². The molecular weight excluding hydrogens is 366 g/mol. The Morgan fingerprint density at radius 2 is 1.79 bits per heavy atom. The van der Waals surface area contributed by atoms with Gasteiger partial charge >= 0.3 is 5.97 Å². The number of methoxy groups -OCH3 is 1. The zero-order valence-corrected chi connectivity index (χ0v) is 17.1. The van der Waals surface area contributed by atoms with E-state index in [2.05, 4.69) is 51.6 Å². The molecule has 0 aliphatic carbocycles. The van der Waals surface area contributed by atoms with Crippen LogP contribution in [-0.2, 0) is 29.2 Å². The molecule has 0 atom stereocenters. The molecule has 6 heteroatoms. The van der Waals surface area contributed by atoms with Crippen LogP contribution in [0, 0.1) is 13.8 Å². The van der Waals surface area contributed by atoms with Gasteiger partial charge in [0.1, 0.15) is 5.75 Å². The van der Waals surface area contributed by atoms with Crippen LogP contribution in [0.25, 0.3) is 0 Å². The van der Waals surface area contributed by atoms with Gasteiger partial charge in [-0.1, -0.05) is 36.4 Å². The van der Waals surface area contributed by atoms with Crippen molar-refractivity contribution in [2.45, 2.75) is 33.5 Å². The second kappa shape index (κ2) is 9.89. The average Bonchev–Trinajstić information content (AvgIpc) is 3.21. The number of nitrogens with one attached hydrogen (secondary N) is 1. The average molecular weight is 393 g/mol. The highest BCUT2D eigenvalue weighted by molar-refractivity contribution is 5.71. The molecule has 0 unspecified atom stereocenters. The smallest absolute Gasteiger partial charge is 0.343 e. The molecule has 0 radical (unpaired) electrons. The third-order valence-corrected chi connectivity index (χ3v) is 4.74. The van der Waals surface area contributed by atoms with Gasteiger partial charge in [-0.15, -0.1) is 0 Å². The summed E-state index contributed by atoms with van der Waals surface area (Å²) in [6.45, 7) is 6.17. The fourth-order valence-corrected chi connectivity index (χ4v) is 3.35. The number of aryl methyl sites for hydroxylation is 2. The number of hydrogen-bond acceptors (Lipinski definition) is 5. The lowest BCUT2D eigenvalue weighted by Gasteiger charge is -2.15. The van der Waals surface area contributed by atoms with Crippen molar-refractivity contribution >= 4 is 5.97 Å². The van der Waals surface area contributed by atoms with Crippen molar-refractivity contribution in [1.82, 2.24) is 15.1 Å². The molecule has 0 aliphatic heterocycles. The predicted molar refractivity (Wildman–Crippen MR) is 112 cm³/mol. The summed E-state index contributed by atoms with van der Waals surface area (Å²) in [5, 5.41) is 7.82. The first-order valence-electron chi connectivity index (χ1n) is 9.61. The minimum absolute atomic E-state index is 0.0805. The van der Waals surface area contributed by atoms with Crippen LogP contribution in [0.2, 0.25) is 0 Å². The fraction of sp³-hybridized carbons (Fsp3) is 0.304. The van der Waals surface area contributed by atoms with E-state index >= 15 is 0 Å². The number of hydrogen-bond donors (Lipinski definition) is 1. The summed E-state index contributed by atoms with van der Waals surface area (Å²) < 4.78 is 12.2. The minimum Gasteiger partial charge on any atom is -0.481 e. The van der Waals surface area contributed by atoms with Crippen molar-refractivity contribution in [1.29, 1.82) is 0 Å². The number of ether oxygens (including phenoxy) is 2.